The normalized spacial score (nSPS) is 13.1. The molecule has 0 N–H and O–H groups in total. The van der Waals surface area contributed by atoms with Gasteiger partial charge in [0.15, 0.2) is 5.78 Å². The van der Waals surface area contributed by atoms with E-state index in [0.717, 1.165) is 5.56 Å². The molecular formula is C15H11FO3. The van der Waals surface area contributed by atoms with Gasteiger partial charge >= 0.3 is 0 Å². The second kappa shape index (κ2) is 4.39. The zero-order chi connectivity index (χ0) is 13.4. The number of methoxy groups -OCH3 is 1. The van der Waals surface area contributed by atoms with Crippen LogP contribution in [0, 0.1) is 5.82 Å². The van der Waals surface area contributed by atoms with Crippen molar-refractivity contribution >= 4 is 5.78 Å². The highest BCUT2D eigenvalue weighted by atomic mass is 19.1. The summed E-state index contributed by atoms with van der Waals surface area (Å²) >= 11 is 0. The van der Waals surface area contributed by atoms with Crippen LogP contribution in [0.25, 0.3) is 0 Å². The molecule has 19 heavy (non-hydrogen) atoms. The van der Waals surface area contributed by atoms with Crippen molar-refractivity contribution in [2.24, 2.45) is 0 Å². The molecule has 3 nitrogen and oxygen atoms in total. The summed E-state index contributed by atoms with van der Waals surface area (Å²) in [6.45, 7) is 0.261. The first-order chi connectivity index (χ1) is 9.19. The van der Waals surface area contributed by atoms with E-state index in [1.807, 2.05) is 0 Å². The van der Waals surface area contributed by atoms with Gasteiger partial charge in [-0.1, -0.05) is 0 Å². The van der Waals surface area contributed by atoms with Crippen molar-refractivity contribution in [1.29, 1.82) is 0 Å². The Bertz CT molecular complexity index is 664. The molecule has 0 atom stereocenters. The fourth-order valence-electron chi connectivity index (χ4n) is 2.14. The molecule has 3 rings (SSSR count). The molecule has 4 heteroatoms. The molecule has 1 aliphatic heterocycles. The van der Waals surface area contributed by atoms with Crippen molar-refractivity contribution in [3.63, 3.8) is 0 Å². The van der Waals surface area contributed by atoms with Gasteiger partial charge in [0.1, 0.15) is 23.9 Å². The summed E-state index contributed by atoms with van der Waals surface area (Å²) in [4.78, 5) is 12.4. The number of hydrogen-bond acceptors (Lipinski definition) is 3. The third kappa shape index (κ3) is 1.95. The van der Waals surface area contributed by atoms with Gasteiger partial charge in [-0.2, -0.15) is 0 Å². The van der Waals surface area contributed by atoms with E-state index < -0.39 is 5.82 Å². The summed E-state index contributed by atoms with van der Waals surface area (Å²) in [6, 6.07) is 9.11. The molecule has 0 amide bonds. The van der Waals surface area contributed by atoms with Crippen molar-refractivity contribution in [3.05, 3.63) is 58.9 Å². The molecule has 0 saturated carbocycles. The number of carbonyl (C=O) groups is 1. The molecule has 2 aromatic rings. The summed E-state index contributed by atoms with van der Waals surface area (Å²) in [7, 11) is 1.56. The highest BCUT2D eigenvalue weighted by molar-refractivity contribution is 6.12. The van der Waals surface area contributed by atoms with E-state index in [2.05, 4.69) is 0 Å². The van der Waals surface area contributed by atoms with E-state index >= 15 is 0 Å². The Kier molecular flexibility index (Phi) is 2.71. The van der Waals surface area contributed by atoms with E-state index in [1.165, 1.54) is 18.2 Å². The second-order valence-electron chi connectivity index (χ2n) is 4.28. The number of ether oxygens (including phenoxy) is 2. The van der Waals surface area contributed by atoms with Gasteiger partial charge in [-0.25, -0.2) is 4.39 Å². The van der Waals surface area contributed by atoms with Crippen molar-refractivity contribution in [2.75, 3.05) is 7.11 Å². The minimum atomic E-state index is -0.451. The molecule has 0 unspecified atom stereocenters. The van der Waals surface area contributed by atoms with Crippen LogP contribution in [0.5, 0.6) is 11.5 Å². The SMILES string of the molecule is COc1ccc2c(c1)COc1ccc(F)cc1C2=O. The van der Waals surface area contributed by atoms with Crippen LogP contribution in [0.15, 0.2) is 36.4 Å². The molecular weight excluding hydrogens is 247 g/mol. The molecule has 0 bridgehead atoms. The first-order valence-electron chi connectivity index (χ1n) is 5.83. The Morgan fingerprint density at radius 1 is 1.16 bits per heavy atom. The van der Waals surface area contributed by atoms with E-state index in [0.29, 0.717) is 17.1 Å². The summed E-state index contributed by atoms with van der Waals surface area (Å²) in [5.41, 5.74) is 1.51. The van der Waals surface area contributed by atoms with Crippen LogP contribution in [-0.2, 0) is 6.61 Å². The Morgan fingerprint density at radius 3 is 2.79 bits per heavy atom. The molecule has 96 valence electrons. The zero-order valence-electron chi connectivity index (χ0n) is 10.3. The zero-order valence-corrected chi connectivity index (χ0v) is 10.3. The fraction of sp³-hybridized carbons (Fsp3) is 0.133. The van der Waals surface area contributed by atoms with Crippen LogP contribution in [-0.4, -0.2) is 12.9 Å². The molecule has 2 aromatic carbocycles. The maximum absolute atomic E-state index is 13.3. The highest BCUT2D eigenvalue weighted by Gasteiger charge is 2.23. The quantitative estimate of drug-likeness (QED) is 0.788. The Hall–Kier alpha value is -2.36. The predicted molar refractivity (Wildman–Crippen MR) is 67.2 cm³/mol. The largest absolute Gasteiger partial charge is 0.497 e. The maximum Gasteiger partial charge on any atom is 0.197 e. The summed E-state index contributed by atoms with van der Waals surface area (Å²) in [6.07, 6.45) is 0. The summed E-state index contributed by atoms with van der Waals surface area (Å²) in [5, 5.41) is 0. The smallest absolute Gasteiger partial charge is 0.197 e. The number of benzene rings is 2. The third-order valence-corrected chi connectivity index (χ3v) is 3.13. The number of fused-ring (bicyclic) bond motifs is 2. The molecule has 0 aromatic heterocycles. The lowest BCUT2D eigenvalue weighted by molar-refractivity contribution is 0.103. The van der Waals surface area contributed by atoms with Crippen molar-refractivity contribution in [2.45, 2.75) is 6.61 Å². The van der Waals surface area contributed by atoms with E-state index in [1.54, 1.807) is 25.3 Å². The number of hydrogen-bond donors (Lipinski definition) is 0. The molecule has 0 spiro atoms. The third-order valence-electron chi connectivity index (χ3n) is 3.13. The lowest BCUT2D eigenvalue weighted by atomic mass is 9.99. The molecule has 1 heterocycles. The van der Waals surface area contributed by atoms with Crippen molar-refractivity contribution in [1.82, 2.24) is 0 Å². The number of carbonyl (C=O) groups excluding carboxylic acids is 1. The topological polar surface area (TPSA) is 35.5 Å². The average molecular weight is 258 g/mol. The van der Waals surface area contributed by atoms with Gasteiger partial charge in [0.25, 0.3) is 0 Å². The first-order valence-corrected chi connectivity index (χ1v) is 5.83. The van der Waals surface area contributed by atoms with Gasteiger partial charge in [0.05, 0.1) is 12.7 Å². The Labute approximate surface area is 109 Å². The van der Waals surface area contributed by atoms with Gasteiger partial charge in [-0.3, -0.25) is 4.79 Å². The van der Waals surface area contributed by atoms with Gasteiger partial charge < -0.3 is 9.47 Å². The minimum Gasteiger partial charge on any atom is -0.497 e. The number of halogens is 1. The van der Waals surface area contributed by atoms with Gasteiger partial charge in [-0.05, 0) is 36.4 Å². The minimum absolute atomic E-state index is 0.232. The average Bonchev–Trinajstić information content (AvgIpc) is 2.57. The second-order valence-corrected chi connectivity index (χ2v) is 4.28. The van der Waals surface area contributed by atoms with Crippen LogP contribution >= 0.6 is 0 Å². The molecule has 0 radical (unpaired) electrons. The summed E-state index contributed by atoms with van der Waals surface area (Å²) < 4.78 is 23.9. The Morgan fingerprint density at radius 2 is 2.00 bits per heavy atom. The van der Waals surface area contributed by atoms with Crippen LogP contribution in [0.2, 0.25) is 0 Å². The molecule has 0 fully saturated rings. The van der Waals surface area contributed by atoms with E-state index in [9.17, 15) is 9.18 Å². The van der Waals surface area contributed by atoms with Crippen LogP contribution in [0.4, 0.5) is 4.39 Å². The van der Waals surface area contributed by atoms with Gasteiger partial charge in [0, 0.05) is 11.1 Å². The van der Waals surface area contributed by atoms with Crippen LogP contribution in [0.3, 0.4) is 0 Å². The fourth-order valence-corrected chi connectivity index (χ4v) is 2.14. The summed E-state index contributed by atoms with van der Waals surface area (Å²) in [5.74, 6) is 0.381. The van der Waals surface area contributed by atoms with Crippen molar-refractivity contribution in [3.8, 4) is 11.5 Å². The first kappa shape index (κ1) is 11.7. The van der Waals surface area contributed by atoms with E-state index in [4.69, 9.17) is 9.47 Å². The lowest BCUT2D eigenvalue weighted by Gasteiger charge is -2.06. The van der Waals surface area contributed by atoms with Gasteiger partial charge in [-0.15, -0.1) is 0 Å². The molecule has 1 aliphatic rings. The van der Waals surface area contributed by atoms with Crippen LogP contribution < -0.4 is 9.47 Å². The monoisotopic (exact) mass is 258 g/mol. The Balaban J connectivity index is 2.15. The maximum atomic E-state index is 13.3. The van der Waals surface area contributed by atoms with Crippen molar-refractivity contribution < 1.29 is 18.7 Å². The number of rotatable bonds is 1. The van der Waals surface area contributed by atoms with Crippen LogP contribution in [0.1, 0.15) is 21.5 Å². The highest BCUT2D eigenvalue weighted by Crippen LogP contribution is 2.30. The predicted octanol–water partition coefficient (Wildman–Crippen LogP) is 2.96. The van der Waals surface area contributed by atoms with Gasteiger partial charge in [0.2, 0.25) is 0 Å². The molecule has 0 saturated heterocycles. The van der Waals surface area contributed by atoms with E-state index in [-0.39, 0.29) is 18.0 Å². The lowest BCUT2D eigenvalue weighted by Crippen LogP contribution is -2.03. The molecule has 0 aliphatic carbocycles. The standard InChI is InChI=1S/C15H11FO3/c1-18-11-3-4-12-9(6-11)8-19-14-5-2-10(16)7-13(14)15(12)17/h2-7H,8H2,1H3. The number of ketones is 1.